The van der Waals surface area contributed by atoms with Gasteiger partial charge in [-0.1, -0.05) is 49.1 Å². The molecule has 3 rings (SSSR count). The fourth-order valence-electron chi connectivity index (χ4n) is 2.97. The number of nitrogens with zero attached hydrogens (tertiary/aromatic N) is 1. The van der Waals surface area contributed by atoms with Crippen LogP contribution in [-0.2, 0) is 16.0 Å². The van der Waals surface area contributed by atoms with Crippen LogP contribution < -0.4 is 14.4 Å². The van der Waals surface area contributed by atoms with Gasteiger partial charge in [0.2, 0.25) is 0 Å². The maximum atomic E-state index is 13.0. The Kier molecular flexibility index (Phi) is 7.70. The highest BCUT2D eigenvalue weighted by atomic mass is 32.2. The molecule has 1 amide bonds. The zero-order chi connectivity index (χ0) is 22.4. The average Bonchev–Trinajstić information content (AvgIpc) is 3.02. The predicted octanol–water partition coefficient (Wildman–Crippen LogP) is 4.91. The van der Waals surface area contributed by atoms with Crippen molar-refractivity contribution in [3.8, 4) is 11.5 Å². The van der Waals surface area contributed by atoms with Crippen molar-refractivity contribution in [3.05, 3.63) is 58.5 Å². The minimum absolute atomic E-state index is 0.0459. The van der Waals surface area contributed by atoms with Gasteiger partial charge in [0.25, 0.3) is 5.91 Å². The van der Waals surface area contributed by atoms with Crippen LogP contribution in [0.3, 0.4) is 0 Å². The molecule has 0 aliphatic carbocycles. The molecular weight excluding hydrogens is 434 g/mol. The third-order valence-corrected chi connectivity index (χ3v) is 5.84. The largest absolute Gasteiger partial charge is 0.490 e. The van der Waals surface area contributed by atoms with Crippen LogP contribution in [0, 0.1) is 0 Å². The summed E-state index contributed by atoms with van der Waals surface area (Å²) in [6.45, 7) is 4.40. The first kappa shape index (κ1) is 22.8. The van der Waals surface area contributed by atoms with Crippen LogP contribution in [0.25, 0.3) is 6.08 Å². The molecule has 1 aliphatic rings. The summed E-state index contributed by atoms with van der Waals surface area (Å²) in [5.41, 5.74) is 2.70. The molecule has 0 radical (unpaired) electrons. The van der Waals surface area contributed by atoms with Crippen LogP contribution in [-0.4, -0.2) is 34.5 Å². The molecule has 0 unspecified atom stereocenters. The number of amides is 1. The van der Waals surface area contributed by atoms with Gasteiger partial charge in [-0.25, -0.2) is 0 Å². The van der Waals surface area contributed by atoms with Crippen LogP contribution in [0.2, 0.25) is 0 Å². The van der Waals surface area contributed by atoms with E-state index in [1.54, 1.807) is 24.3 Å². The van der Waals surface area contributed by atoms with Crippen molar-refractivity contribution in [2.45, 2.75) is 26.7 Å². The lowest BCUT2D eigenvalue weighted by molar-refractivity contribution is -0.137. The third-order valence-electron chi connectivity index (χ3n) is 4.54. The van der Waals surface area contributed by atoms with E-state index in [4.69, 9.17) is 26.8 Å². The predicted molar refractivity (Wildman–Crippen MR) is 127 cm³/mol. The number of thioether (sulfide) groups is 1. The topological polar surface area (TPSA) is 76.1 Å². The Morgan fingerprint density at radius 3 is 2.52 bits per heavy atom. The van der Waals surface area contributed by atoms with E-state index < -0.39 is 5.97 Å². The van der Waals surface area contributed by atoms with Gasteiger partial charge in [0.15, 0.2) is 15.8 Å². The number of hydrogen-bond acceptors (Lipinski definition) is 6. The van der Waals surface area contributed by atoms with Crippen molar-refractivity contribution >= 4 is 51.9 Å². The molecule has 1 N–H and O–H groups in total. The zero-order valence-electron chi connectivity index (χ0n) is 17.3. The first-order valence-electron chi connectivity index (χ1n) is 9.91. The number of thiocarbonyl (C=S) groups is 1. The minimum Gasteiger partial charge on any atom is -0.490 e. The number of aryl methyl sites for hydroxylation is 1. The Hall–Kier alpha value is -2.84. The zero-order valence-corrected chi connectivity index (χ0v) is 18.9. The molecule has 2 aromatic rings. The molecule has 6 nitrogen and oxygen atoms in total. The molecule has 162 valence electrons. The highest BCUT2D eigenvalue weighted by molar-refractivity contribution is 8.27. The van der Waals surface area contributed by atoms with Gasteiger partial charge >= 0.3 is 5.97 Å². The van der Waals surface area contributed by atoms with Gasteiger partial charge in [0.1, 0.15) is 0 Å². The van der Waals surface area contributed by atoms with Gasteiger partial charge < -0.3 is 14.6 Å². The summed E-state index contributed by atoms with van der Waals surface area (Å²) in [6.07, 6.45) is 2.59. The van der Waals surface area contributed by atoms with Crippen molar-refractivity contribution in [2.24, 2.45) is 0 Å². The van der Waals surface area contributed by atoms with E-state index in [0.29, 0.717) is 27.3 Å². The van der Waals surface area contributed by atoms with E-state index in [-0.39, 0.29) is 18.9 Å². The van der Waals surface area contributed by atoms with Gasteiger partial charge in [-0.15, -0.1) is 0 Å². The minimum atomic E-state index is -0.930. The summed E-state index contributed by atoms with van der Waals surface area (Å²) in [4.78, 5) is 25.8. The number of ether oxygens (including phenoxy) is 2. The maximum Gasteiger partial charge on any atom is 0.306 e. The van der Waals surface area contributed by atoms with Crippen molar-refractivity contribution in [3.63, 3.8) is 0 Å². The monoisotopic (exact) mass is 457 g/mol. The number of benzene rings is 2. The Balaban J connectivity index is 1.81. The molecule has 1 heterocycles. The van der Waals surface area contributed by atoms with Crippen molar-refractivity contribution in [1.82, 2.24) is 0 Å². The number of carboxylic acid groups (broad SMARTS) is 1. The second-order valence-electron chi connectivity index (χ2n) is 6.67. The van der Waals surface area contributed by atoms with Crippen LogP contribution in [0.15, 0.2) is 47.4 Å². The first-order chi connectivity index (χ1) is 14.9. The summed E-state index contributed by atoms with van der Waals surface area (Å²) in [7, 11) is 0. The summed E-state index contributed by atoms with van der Waals surface area (Å²) in [6, 6.07) is 13.1. The molecule has 8 heteroatoms. The standard InChI is InChI=1S/C23H23NO5S2/c1-3-15-5-8-17(9-6-15)24-22(27)20(31-23(24)30)14-16-7-10-18(19(13-16)28-4-2)29-12-11-21(25)26/h5-10,13-14H,3-4,11-12H2,1-2H3,(H,25,26)/b20-14+. The van der Waals surface area contributed by atoms with Crippen molar-refractivity contribution in [2.75, 3.05) is 18.1 Å². The Labute approximate surface area is 190 Å². The quantitative estimate of drug-likeness (QED) is 0.424. The second kappa shape index (κ2) is 10.5. The smallest absolute Gasteiger partial charge is 0.306 e. The molecule has 1 fully saturated rings. The lowest BCUT2D eigenvalue weighted by Gasteiger charge is -2.14. The Bertz CT molecular complexity index is 1020. The number of carbonyl (C=O) groups excluding carboxylic acids is 1. The maximum absolute atomic E-state index is 13.0. The van der Waals surface area contributed by atoms with E-state index in [0.717, 1.165) is 17.7 Å². The lowest BCUT2D eigenvalue weighted by Crippen LogP contribution is -2.27. The average molecular weight is 458 g/mol. The van der Waals surface area contributed by atoms with E-state index >= 15 is 0 Å². The van der Waals surface area contributed by atoms with E-state index in [2.05, 4.69) is 6.92 Å². The molecule has 1 saturated heterocycles. The van der Waals surface area contributed by atoms with Crippen LogP contribution in [0.5, 0.6) is 11.5 Å². The van der Waals surface area contributed by atoms with Gasteiger partial charge in [-0.05, 0) is 54.8 Å². The molecule has 0 aromatic heterocycles. The molecule has 0 bridgehead atoms. The normalized spacial score (nSPS) is 14.9. The van der Waals surface area contributed by atoms with Gasteiger partial charge in [-0.2, -0.15) is 0 Å². The summed E-state index contributed by atoms with van der Waals surface area (Å²) >= 11 is 6.70. The Morgan fingerprint density at radius 1 is 1.13 bits per heavy atom. The van der Waals surface area contributed by atoms with E-state index in [1.807, 2.05) is 31.2 Å². The molecule has 0 spiro atoms. The third kappa shape index (κ3) is 5.65. The lowest BCUT2D eigenvalue weighted by atomic mass is 10.1. The molecule has 31 heavy (non-hydrogen) atoms. The summed E-state index contributed by atoms with van der Waals surface area (Å²) < 4.78 is 11.6. The fraction of sp³-hybridized carbons (Fsp3) is 0.261. The van der Waals surface area contributed by atoms with E-state index in [9.17, 15) is 9.59 Å². The van der Waals surface area contributed by atoms with Crippen LogP contribution >= 0.6 is 24.0 Å². The number of rotatable bonds is 9. The SMILES string of the molecule is CCOc1cc(/C=C2/SC(=S)N(c3ccc(CC)cc3)C2=O)ccc1OCCC(=O)O. The van der Waals surface area contributed by atoms with Crippen molar-refractivity contribution in [1.29, 1.82) is 0 Å². The highest BCUT2D eigenvalue weighted by Crippen LogP contribution is 2.37. The van der Waals surface area contributed by atoms with Crippen LogP contribution in [0.4, 0.5) is 5.69 Å². The van der Waals surface area contributed by atoms with Gasteiger partial charge in [0.05, 0.1) is 30.2 Å². The Morgan fingerprint density at radius 2 is 1.87 bits per heavy atom. The van der Waals surface area contributed by atoms with Gasteiger partial charge in [-0.3, -0.25) is 14.5 Å². The molecule has 1 aliphatic heterocycles. The summed E-state index contributed by atoms with van der Waals surface area (Å²) in [5.74, 6) is -0.143. The molecule has 2 aromatic carbocycles. The molecule has 0 atom stereocenters. The van der Waals surface area contributed by atoms with Gasteiger partial charge in [0, 0.05) is 0 Å². The molecular formula is C23H23NO5S2. The highest BCUT2D eigenvalue weighted by Gasteiger charge is 2.33. The van der Waals surface area contributed by atoms with Crippen LogP contribution in [0.1, 0.15) is 31.4 Å². The molecule has 0 saturated carbocycles. The number of carbonyl (C=O) groups is 2. The second-order valence-corrected chi connectivity index (χ2v) is 8.34. The van der Waals surface area contributed by atoms with E-state index in [1.165, 1.54) is 22.2 Å². The van der Waals surface area contributed by atoms with Crippen molar-refractivity contribution < 1.29 is 24.2 Å². The number of carboxylic acids is 1. The number of anilines is 1. The first-order valence-corrected chi connectivity index (χ1v) is 11.1. The fourth-order valence-corrected chi connectivity index (χ4v) is 4.27. The summed E-state index contributed by atoms with van der Waals surface area (Å²) in [5, 5.41) is 8.78. The number of hydrogen-bond donors (Lipinski definition) is 1. The number of aliphatic carboxylic acids is 1.